The van der Waals surface area contributed by atoms with Gasteiger partial charge in [0.25, 0.3) is 11.8 Å². The molecule has 0 rings (SSSR count). The fourth-order valence-corrected chi connectivity index (χ4v) is 0.574. The molecule has 7 nitrogen and oxygen atoms in total. The Morgan fingerprint density at radius 1 is 1.14 bits per heavy atom. The maximum Gasteiger partial charge on any atom is 0.289 e. The molecule has 0 aromatic heterocycles. The molecular formula is C7H10N2O5. The van der Waals surface area contributed by atoms with Gasteiger partial charge in [-0.15, -0.1) is 0 Å². The minimum absolute atomic E-state index is 0.0180. The molecule has 0 atom stereocenters. The van der Waals surface area contributed by atoms with Crippen LogP contribution in [0.5, 0.6) is 0 Å². The summed E-state index contributed by atoms with van der Waals surface area (Å²) in [7, 11) is 0. The molecule has 2 amide bonds. The summed E-state index contributed by atoms with van der Waals surface area (Å²) in [5.41, 5.74) is 0. The zero-order valence-corrected chi connectivity index (χ0v) is 7.28. The monoisotopic (exact) mass is 202 g/mol. The third-order valence-corrected chi connectivity index (χ3v) is 1.21. The van der Waals surface area contributed by atoms with E-state index < -0.39 is 24.2 Å². The molecule has 0 aliphatic carbocycles. The average Bonchev–Trinajstić information content (AvgIpc) is 2.22. The first kappa shape index (κ1) is 12.2. The number of ketones is 1. The van der Waals surface area contributed by atoms with Crippen molar-refractivity contribution in [2.24, 2.45) is 0 Å². The van der Waals surface area contributed by atoms with Gasteiger partial charge >= 0.3 is 0 Å². The van der Waals surface area contributed by atoms with E-state index in [1.54, 1.807) is 0 Å². The highest BCUT2D eigenvalue weighted by Crippen LogP contribution is 1.70. The van der Waals surface area contributed by atoms with Crippen molar-refractivity contribution in [1.29, 1.82) is 0 Å². The molecule has 0 aromatic carbocycles. The standard InChI is InChI=1S/C7H10N2O5/c10-3-5(12)7(14)9-2-1-8-6(13)4-11/h4,10H,1-3H2,(H,8,13)(H,9,14). The van der Waals surface area contributed by atoms with Crippen LogP contribution in [-0.2, 0) is 19.2 Å². The van der Waals surface area contributed by atoms with E-state index in [9.17, 15) is 19.2 Å². The summed E-state index contributed by atoms with van der Waals surface area (Å²) in [4.78, 5) is 41.3. The van der Waals surface area contributed by atoms with Crippen LogP contribution in [0.4, 0.5) is 0 Å². The summed E-state index contributed by atoms with van der Waals surface area (Å²) in [6, 6.07) is 0. The first-order chi connectivity index (χ1) is 6.61. The van der Waals surface area contributed by atoms with Crippen molar-refractivity contribution in [1.82, 2.24) is 10.6 Å². The van der Waals surface area contributed by atoms with E-state index in [1.807, 2.05) is 0 Å². The maximum absolute atomic E-state index is 10.7. The molecule has 0 saturated carbocycles. The van der Waals surface area contributed by atoms with Gasteiger partial charge in [0.1, 0.15) is 6.61 Å². The van der Waals surface area contributed by atoms with Crippen molar-refractivity contribution in [3.63, 3.8) is 0 Å². The van der Waals surface area contributed by atoms with Crippen LogP contribution in [0.2, 0.25) is 0 Å². The predicted molar refractivity (Wildman–Crippen MR) is 44.2 cm³/mol. The van der Waals surface area contributed by atoms with E-state index in [0.717, 1.165) is 0 Å². The Bertz CT molecular complexity index is 250. The fraction of sp³-hybridized carbons (Fsp3) is 0.429. The fourth-order valence-electron chi connectivity index (χ4n) is 0.574. The smallest absolute Gasteiger partial charge is 0.289 e. The topological polar surface area (TPSA) is 113 Å². The summed E-state index contributed by atoms with van der Waals surface area (Å²) in [6.45, 7) is -0.793. The van der Waals surface area contributed by atoms with Crippen LogP contribution < -0.4 is 10.6 Å². The van der Waals surface area contributed by atoms with E-state index in [4.69, 9.17) is 5.11 Å². The summed E-state index contributed by atoms with van der Waals surface area (Å²) >= 11 is 0. The zero-order valence-electron chi connectivity index (χ0n) is 7.28. The Labute approximate surface area is 79.5 Å². The van der Waals surface area contributed by atoms with E-state index in [2.05, 4.69) is 10.6 Å². The van der Waals surface area contributed by atoms with E-state index in [1.165, 1.54) is 0 Å². The molecule has 0 spiro atoms. The number of hydrogen-bond acceptors (Lipinski definition) is 5. The quantitative estimate of drug-likeness (QED) is 0.241. The Morgan fingerprint density at radius 3 is 2.21 bits per heavy atom. The molecule has 0 saturated heterocycles. The molecule has 14 heavy (non-hydrogen) atoms. The maximum atomic E-state index is 10.7. The summed E-state index contributed by atoms with van der Waals surface area (Å²) in [6.07, 6.45) is 0.0979. The number of aliphatic hydroxyl groups excluding tert-OH is 1. The number of hydrogen-bond donors (Lipinski definition) is 3. The van der Waals surface area contributed by atoms with E-state index >= 15 is 0 Å². The SMILES string of the molecule is O=CC(=O)NCCNC(=O)C(=O)CO. The summed E-state index contributed by atoms with van der Waals surface area (Å²) < 4.78 is 0. The molecule has 7 heteroatoms. The number of Topliss-reactive ketones (excluding diaryl/α,β-unsaturated/α-hetero) is 1. The van der Waals surface area contributed by atoms with Crippen LogP contribution >= 0.6 is 0 Å². The second-order valence-electron chi connectivity index (χ2n) is 2.25. The second kappa shape index (κ2) is 6.72. The van der Waals surface area contributed by atoms with Gasteiger partial charge in [-0.2, -0.15) is 0 Å². The molecule has 0 unspecified atom stereocenters. The van der Waals surface area contributed by atoms with Crippen molar-refractivity contribution < 1.29 is 24.3 Å². The van der Waals surface area contributed by atoms with Gasteiger partial charge in [-0.1, -0.05) is 0 Å². The zero-order chi connectivity index (χ0) is 11.0. The van der Waals surface area contributed by atoms with Crippen LogP contribution in [0.15, 0.2) is 0 Å². The summed E-state index contributed by atoms with van der Waals surface area (Å²) in [5, 5.41) is 12.5. The lowest BCUT2D eigenvalue weighted by Crippen LogP contribution is -2.38. The van der Waals surface area contributed by atoms with Crippen LogP contribution in [-0.4, -0.2) is 48.7 Å². The molecule has 0 fully saturated rings. The highest BCUT2D eigenvalue weighted by Gasteiger charge is 2.10. The highest BCUT2D eigenvalue weighted by atomic mass is 16.3. The number of aldehydes is 1. The molecule has 3 N–H and O–H groups in total. The Morgan fingerprint density at radius 2 is 1.71 bits per heavy atom. The molecule has 0 aliphatic heterocycles. The number of aliphatic hydroxyl groups is 1. The Hall–Kier alpha value is -1.76. The highest BCUT2D eigenvalue weighted by molar-refractivity contribution is 6.36. The van der Waals surface area contributed by atoms with Crippen molar-refractivity contribution in [3.05, 3.63) is 0 Å². The first-order valence-corrected chi connectivity index (χ1v) is 3.76. The molecule has 0 bridgehead atoms. The Balaban J connectivity index is 3.55. The van der Waals surface area contributed by atoms with Crippen molar-refractivity contribution in [2.45, 2.75) is 0 Å². The van der Waals surface area contributed by atoms with Crippen LogP contribution in [0.3, 0.4) is 0 Å². The van der Waals surface area contributed by atoms with Gasteiger partial charge < -0.3 is 15.7 Å². The lowest BCUT2D eigenvalue weighted by molar-refractivity contribution is -0.139. The molecule has 0 heterocycles. The van der Waals surface area contributed by atoms with Gasteiger partial charge in [-0.25, -0.2) is 0 Å². The van der Waals surface area contributed by atoms with E-state index in [0.29, 0.717) is 0 Å². The molecule has 0 radical (unpaired) electrons. The number of carbonyl (C=O) groups is 4. The molecule has 0 aromatic rings. The number of rotatable bonds is 6. The van der Waals surface area contributed by atoms with Gasteiger partial charge in [0, 0.05) is 13.1 Å². The van der Waals surface area contributed by atoms with Crippen molar-refractivity contribution in [3.8, 4) is 0 Å². The van der Waals surface area contributed by atoms with E-state index in [-0.39, 0.29) is 19.4 Å². The first-order valence-electron chi connectivity index (χ1n) is 3.76. The van der Waals surface area contributed by atoms with Gasteiger partial charge in [0.05, 0.1) is 0 Å². The Kier molecular flexibility index (Phi) is 5.88. The van der Waals surface area contributed by atoms with Gasteiger partial charge in [-0.3, -0.25) is 19.2 Å². The van der Waals surface area contributed by atoms with Crippen molar-refractivity contribution >= 4 is 23.9 Å². The predicted octanol–water partition coefficient (Wildman–Crippen LogP) is -3.02. The minimum atomic E-state index is -0.952. The normalized spacial score (nSPS) is 8.93. The number of nitrogens with one attached hydrogen (secondary N) is 2. The number of amides is 2. The van der Waals surface area contributed by atoms with Crippen LogP contribution in [0.25, 0.3) is 0 Å². The van der Waals surface area contributed by atoms with Crippen molar-refractivity contribution in [2.75, 3.05) is 19.7 Å². The lowest BCUT2D eigenvalue weighted by Gasteiger charge is -2.02. The van der Waals surface area contributed by atoms with Gasteiger partial charge in [0.15, 0.2) is 0 Å². The lowest BCUT2D eigenvalue weighted by atomic mass is 10.4. The van der Waals surface area contributed by atoms with Crippen LogP contribution in [0.1, 0.15) is 0 Å². The molecule has 0 aliphatic rings. The second-order valence-corrected chi connectivity index (χ2v) is 2.25. The third kappa shape index (κ3) is 4.99. The van der Waals surface area contributed by atoms with Gasteiger partial charge in [0.2, 0.25) is 12.1 Å². The van der Waals surface area contributed by atoms with Crippen LogP contribution in [0, 0.1) is 0 Å². The molecule has 78 valence electrons. The molecular weight excluding hydrogens is 192 g/mol. The summed E-state index contributed by atoms with van der Waals surface area (Å²) in [5.74, 6) is -2.67. The number of carbonyl (C=O) groups excluding carboxylic acids is 4. The third-order valence-electron chi connectivity index (χ3n) is 1.21. The van der Waals surface area contributed by atoms with Gasteiger partial charge in [-0.05, 0) is 0 Å². The minimum Gasteiger partial charge on any atom is -0.388 e. The largest absolute Gasteiger partial charge is 0.388 e. The average molecular weight is 202 g/mol.